The van der Waals surface area contributed by atoms with Crippen molar-refractivity contribution in [2.45, 2.75) is 40.4 Å². The van der Waals surface area contributed by atoms with E-state index in [0.29, 0.717) is 23.2 Å². The monoisotopic (exact) mass is 1000 g/mol. The summed E-state index contributed by atoms with van der Waals surface area (Å²) in [5, 5.41) is 39.2. The highest BCUT2D eigenvalue weighted by Crippen LogP contribution is 2.27. The van der Waals surface area contributed by atoms with Crippen molar-refractivity contribution >= 4 is 65.1 Å². The molecule has 17 nitrogen and oxygen atoms in total. The van der Waals surface area contributed by atoms with Crippen LogP contribution in [0.3, 0.4) is 0 Å². The van der Waals surface area contributed by atoms with E-state index in [9.17, 15) is 44.9 Å². The van der Waals surface area contributed by atoms with E-state index in [2.05, 4.69) is 13.2 Å². The topological polar surface area (TPSA) is 233 Å². The molecular formula is C57H58N6O11. The number of rotatable bonds is 28. The summed E-state index contributed by atoms with van der Waals surface area (Å²) in [6.45, 7) is 13.7. The Morgan fingerprint density at radius 2 is 0.770 bits per heavy atom. The van der Waals surface area contributed by atoms with Crippen LogP contribution in [0.4, 0.5) is 17.1 Å². The quantitative estimate of drug-likeness (QED) is 0.0250. The molecule has 4 aromatic rings. The summed E-state index contributed by atoms with van der Waals surface area (Å²) in [7, 11) is 0. The maximum absolute atomic E-state index is 12.4. The molecule has 0 aliphatic rings. The first-order valence-electron chi connectivity index (χ1n) is 23.5. The summed E-state index contributed by atoms with van der Waals surface area (Å²) in [6.07, 6.45) is 6.47. The molecule has 382 valence electrons. The smallest absolute Gasteiger partial charge is 0.348 e. The van der Waals surface area contributed by atoms with Gasteiger partial charge in [0.1, 0.15) is 48.1 Å². The number of hydrogen-bond acceptors (Lipinski definition) is 17. The van der Waals surface area contributed by atoms with Crippen molar-refractivity contribution in [3.8, 4) is 18.2 Å². The van der Waals surface area contributed by atoms with Crippen molar-refractivity contribution in [1.29, 1.82) is 15.8 Å². The third-order valence-corrected chi connectivity index (χ3v) is 10.7. The van der Waals surface area contributed by atoms with E-state index < -0.39 is 29.8 Å². The number of anilines is 3. The van der Waals surface area contributed by atoms with E-state index in [1.807, 2.05) is 87.5 Å². The molecule has 4 rings (SSSR count). The van der Waals surface area contributed by atoms with Gasteiger partial charge in [-0.15, -0.1) is 0 Å². The average Bonchev–Trinajstić information content (AvgIpc) is 3.40. The Hall–Kier alpha value is -9.24. The standard InChI is InChI=1S/C57H58N6O11/c1-6-53(65)73-27-24-62(51-19-13-42(14-20-51)33-48(36-59)56(68)71-9-4)39-45-29-44(38-61(23-26-64)50-17-11-41(12-18-50)32-47(35-58)55(67)70-8-3)30-46(31-45)40-63(25-28-74-54(66)7-2)52-21-15-43(16-22-52)34-49(37-60)57(69)72-10-5/h6-7,11-22,29-34,64H,1-2,8-10,23-28,38-40H2,3-5H3/b47-32-,48-33-,49-34-. The van der Waals surface area contributed by atoms with Gasteiger partial charge in [-0.05, 0) is 109 Å². The predicted molar refractivity (Wildman–Crippen MR) is 279 cm³/mol. The largest absolute Gasteiger partial charge is 0.462 e. The van der Waals surface area contributed by atoms with Crippen LogP contribution in [0, 0.1) is 34.0 Å². The lowest BCUT2D eigenvalue weighted by Crippen LogP contribution is -2.29. The van der Waals surface area contributed by atoms with Crippen LogP contribution < -0.4 is 14.7 Å². The van der Waals surface area contributed by atoms with E-state index in [1.54, 1.807) is 57.2 Å². The summed E-state index contributed by atoms with van der Waals surface area (Å²) >= 11 is 0. The summed E-state index contributed by atoms with van der Waals surface area (Å²) in [5.74, 6) is -3.39. The van der Waals surface area contributed by atoms with Crippen LogP contribution in [-0.2, 0) is 67.3 Å². The van der Waals surface area contributed by atoms with E-state index in [1.165, 1.54) is 18.2 Å². The van der Waals surface area contributed by atoms with Crippen molar-refractivity contribution < 1.29 is 52.8 Å². The zero-order valence-electron chi connectivity index (χ0n) is 41.7. The molecule has 0 heterocycles. The van der Waals surface area contributed by atoms with Gasteiger partial charge in [0.2, 0.25) is 0 Å². The minimum atomic E-state index is -0.738. The van der Waals surface area contributed by atoms with Gasteiger partial charge in [-0.2, -0.15) is 15.8 Å². The van der Waals surface area contributed by atoms with Crippen molar-refractivity contribution in [1.82, 2.24) is 0 Å². The number of aliphatic hydroxyl groups excluding tert-OH is 1. The SMILES string of the molecule is C=CC(=O)OCCN(Cc1cc(CN(CCO)c2ccc(/C=C(/C#N)C(=O)OCC)cc2)cc(CN(CCOC(=O)C=C)c2ccc(/C=C(/C#N)C(=O)OCC)cc2)c1)c1ccc(/C=C(/C#N)C(=O)OCC)cc1. The summed E-state index contributed by atoms with van der Waals surface area (Å²) in [4.78, 5) is 67.4. The molecule has 17 heteroatoms. The molecule has 1 N–H and O–H groups in total. The van der Waals surface area contributed by atoms with Gasteiger partial charge in [0.25, 0.3) is 0 Å². The lowest BCUT2D eigenvalue weighted by molar-refractivity contribution is -0.138. The van der Waals surface area contributed by atoms with Gasteiger partial charge in [-0.25, -0.2) is 24.0 Å². The van der Waals surface area contributed by atoms with E-state index in [4.69, 9.17) is 23.7 Å². The molecule has 0 aromatic heterocycles. The van der Waals surface area contributed by atoms with Crippen molar-refractivity contribution in [2.24, 2.45) is 0 Å². The van der Waals surface area contributed by atoms with Crippen LogP contribution in [-0.4, -0.2) is 94.2 Å². The molecule has 0 unspecified atom stereocenters. The van der Waals surface area contributed by atoms with Crippen LogP contribution in [0.5, 0.6) is 0 Å². The van der Waals surface area contributed by atoms with Gasteiger partial charge in [-0.1, -0.05) is 67.8 Å². The van der Waals surface area contributed by atoms with Crippen LogP contribution in [0.2, 0.25) is 0 Å². The number of nitriles is 3. The molecule has 0 aliphatic heterocycles. The highest BCUT2D eigenvalue weighted by atomic mass is 16.5. The number of aliphatic hydroxyl groups is 1. The van der Waals surface area contributed by atoms with Gasteiger partial charge < -0.3 is 43.5 Å². The van der Waals surface area contributed by atoms with Gasteiger partial charge in [0.05, 0.1) is 39.5 Å². The first-order valence-corrected chi connectivity index (χ1v) is 23.5. The summed E-state index contributed by atoms with van der Waals surface area (Å²) in [6, 6.07) is 33.1. The summed E-state index contributed by atoms with van der Waals surface area (Å²) in [5.41, 5.74) is 5.95. The molecule has 0 saturated heterocycles. The zero-order valence-corrected chi connectivity index (χ0v) is 41.7. The second kappa shape index (κ2) is 30.5. The molecule has 0 radical (unpaired) electrons. The van der Waals surface area contributed by atoms with Crippen molar-refractivity contribution in [3.05, 3.63) is 166 Å². The molecular weight excluding hydrogens is 945 g/mol. The van der Waals surface area contributed by atoms with Gasteiger partial charge in [0.15, 0.2) is 0 Å². The molecule has 0 aliphatic carbocycles. The molecule has 0 atom stereocenters. The lowest BCUT2D eigenvalue weighted by atomic mass is 10.0. The van der Waals surface area contributed by atoms with Crippen LogP contribution in [0.1, 0.15) is 54.2 Å². The second-order valence-electron chi connectivity index (χ2n) is 15.8. The van der Waals surface area contributed by atoms with Gasteiger partial charge in [-0.3, -0.25) is 0 Å². The number of hydrogen-bond donors (Lipinski definition) is 1. The van der Waals surface area contributed by atoms with E-state index >= 15 is 0 Å². The van der Waals surface area contributed by atoms with Crippen LogP contribution in [0.15, 0.2) is 133 Å². The Morgan fingerprint density at radius 3 is 1.01 bits per heavy atom. The normalized spacial score (nSPS) is 11.1. The van der Waals surface area contributed by atoms with E-state index in [-0.39, 0.29) is 89.1 Å². The number of nitrogens with zero attached hydrogens (tertiary/aromatic N) is 6. The maximum atomic E-state index is 12.4. The second-order valence-corrected chi connectivity index (χ2v) is 15.8. The Bertz CT molecular complexity index is 2690. The molecule has 74 heavy (non-hydrogen) atoms. The Labute approximate surface area is 431 Å². The Kier molecular flexibility index (Phi) is 23.6. The molecule has 0 saturated carbocycles. The minimum Gasteiger partial charge on any atom is -0.462 e. The zero-order chi connectivity index (χ0) is 53.8. The Balaban J connectivity index is 1.84. The number of carbonyl (C=O) groups excluding carboxylic acids is 5. The summed E-state index contributed by atoms with van der Waals surface area (Å²) < 4.78 is 25.9. The third kappa shape index (κ3) is 18.2. The van der Waals surface area contributed by atoms with Crippen LogP contribution in [0.25, 0.3) is 18.2 Å². The fourth-order valence-electron chi connectivity index (χ4n) is 7.31. The number of carbonyl (C=O) groups is 5. The van der Waals surface area contributed by atoms with Crippen molar-refractivity contribution in [3.63, 3.8) is 0 Å². The Morgan fingerprint density at radius 1 is 0.486 bits per heavy atom. The number of ether oxygens (including phenoxy) is 5. The lowest BCUT2D eigenvalue weighted by Gasteiger charge is -2.29. The first kappa shape index (κ1) is 57.3. The third-order valence-electron chi connectivity index (χ3n) is 10.7. The van der Waals surface area contributed by atoms with Crippen molar-refractivity contribution in [2.75, 3.05) is 74.0 Å². The maximum Gasteiger partial charge on any atom is 0.348 e. The highest BCUT2D eigenvalue weighted by molar-refractivity contribution is 5.99. The van der Waals surface area contributed by atoms with Gasteiger partial charge >= 0.3 is 29.8 Å². The van der Waals surface area contributed by atoms with Crippen LogP contribution >= 0.6 is 0 Å². The first-order chi connectivity index (χ1) is 35.8. The predicted octanol–water partition coefficient (Wildman–Crippen LogP) is 7.57. The fourth-order valence-corrected chi connectivity index (χ4v) is 7.31. The minimum absolute atomic E-state index is 0.00362. The molecule has 4 aromatic carbocycles. The average molecular weight is 1000 g/mol. The van der Waals surface area contributed by atoms with E-state index in [0.717, 1.165) is 45.9 Å². The fraction of sp³-hybridized carbons (Fsp3) is 0.263. The molecule has 0 spiro atoms. The van der Waals surface area contributed by atoms with Gasteiger partial charge in [0, 0.05) is 55.4 Å². The molecule has 0 amide bonds. The number of esters is 5. The molecule has 0 bridgehead atoms. The number of benzene rings is 4. The molecule has 0 fully saturated rings. The highest BCUT2D eigenvalue weighted by Gasteiger charge is 2.18.